The Labute approximate surface area is 429 Å². The average Bonchev–Trinajstić information content (AvgIpc) is 3.99. The molecule has 0 unspecified atom stereocenters. The van der Waals surface area contributed by atoms with Crippen molar-refractivity contribution < 1.29 is 0 Å². The van der Waals surface area contributed by atoms with Gasteiger partial charge in [-0.25, -0.2) is 0 Å². The molecule has 2 aliphatic rings. The third kappa shape index (κ3) is 5.81. The van der Waals surface area contributed by atoms with Gasteiger partial charge in [0, 0.05) is 16.9 Å². The van der Waals surface area contributed by atoms with Crippen LogP contribution in [-0.4, -0.2) is 0 Å². The van der Waals surface area contributed by atoms with Crippen molar-refractivity contribution in [3.05, 3.63) is 295 Å². The van der Waals surface area contributed by atoms with Crippen molar-refractivity contribution in [2.24, 2.45) is 0 Å². The molecule has 0 saturated carbocycles. The Kier molecular flexibility index (Phi) is 8.73. The van der Waals surface area contributed by atoms with E-state index in [9.17, 15) is 0 Å². The van der Waals surface area contributed by atoms with E-state index < -0.39 is 5.41 Å². The van der Waals surface area contributed by atoms with Crippen LogP contribution >= 0.6 is 0 Å². The topological polar surface area (TPSA) is 3.24 Å². The van der Waals surface area contributed by atoms with Crippen LogP contribution in [0.4, 0.5) is 17.1 Å². The molecule has 2 aliphatic carbocycles. The number of anilines is 3. The molecule has 0 bridgehead atoms. The molecule has 0 heterocycles. The maximum atomic E-state index is 2.57. The molecule has 0 amide bonds. The van der Waals surface area contributed by atoms with E-state index in [1.165, 1.54) is 126 Å². The Bertz CT molecular complexity index is 4590. The Balaban J connectivity index is 0.992. The molecule has 14 aromatic rings. The third-order valence-corrected chi connectivity index (χ3v) is 16.6. The van der Waals surface area contributed by atoms with E-state index in [1.54, 1.807) is 0 Å². The van der Waals surface area contributed by atoms with Gasteiger partial charge in [0.15, 0.2) is 0 Å². The lowest BCUT2D eigenvalue weighted by Crippen LogP contribution is -2.26. The van der Waals surface area contributed by atoms with Gasteiger partial charge in [0.25, 0.3) is 0 Å². The maximum absolute atomic E-state index is 2.57. The van der Waals surface area contributed by atoms with Gasteiger partial charge in [-0.05, 0) is 168 Å². The molecule has 0 N–H and O–H groups in total. The molecule has 14 aromatic carbocycles. The predicted molar refractivity (Wildman–Crippen MR) is 313 cm³/mol. The Morgan fingerprint density at radius 3 is 1.32 bits per heavy atom. The van der Waals surface area contributed by atoms with Gasteiger partial charge in [-0.1, -0.05) is 231 Å². The highest BCUT2D eigenvalue weighted by Crippen LogP contribution is 2.64. The fourth-order valence-corrected chi connectivity index (χ4v) is 13.3. The highest BCUT2D eigenvalue weighted by Gasteiger charge is 2.52. The largest absolute Gasteiger partial charge is 0.310 e. The molecule has 1 nitrogen and oxygen atoms in total. The summed E-state index contributed by atoms with van der Waals surface area (Å²) in [7, 11) is 0. The van der Waals surface area contributed by atoms with Crippen molar-refractivity contribution in [1.82, 2.24) is 0 Å². The predicted octanol–water partition coefficient (Wildman–Crippen LogP) is 19.8. The highest BCUT2D eigenvalue weighted by molar-refractivity contribution is 6.26. The second-order valence-corrected chi connectivity index (χ2v) is 20.3. The molecule has 342 valence electrons. The Hall–Kier alpha value is -9.56. The number of fused-ring (bicyclic) bond motifs is 20. The Morgan fingerprint density at radius 2 is 0.662 bits per heavy atom. The lowest BCUT2D eigenvalue weighted by atomic mass is 9.70. The van der Waals surface area contributed by atoms with Gasteiger partial charge in [0.2, 0.25) is 0 Å². The van der Waals surface area contributed by atoms with Crippen LogP contribution in [0.1, 0.15) is 22.3 Å². The van der Waals surface area contributed by atoms with Gasteiger partial charge in [-0.15, -0.1) is 0 Å². The first-order chi connectivity index (χ1) is 36.7. The van der Waals surface area contributed by atoms with Crippen molar-refractivity contribution in [3.63, 3.8) is 0 Å². The van der Waals surface area contributed by atoms with E-state index in [2.05, 4.69) is 278 Å². The monoisotopic (exact) mass is 935 g/mol. The van der Waals surface area contributed by atoms with E-state index in [-0.39, 0.29) is 0 Å². The molecule has 0 aliphatic heterocycles. The second-order valence-electron chi connectivity index (χ2n) is 20.3. The number of rotatable bonds is 5. The quantitative estimate of drug-likeness (QED) is 0.155. The third-order valence-electron chi connectivity index (χ3n) is 16.6. The van der Waals surface area contributed by atoms with Crippen LogP contribution in [-0.2, 0) is 5.41 Å². The first kappa shape index (κ1) is 41.1. The first-order valence-electron chi connectivity index (χ1n) is 25.8. The number of hydrogen-bond acceptors (Lipinski definition) is 1. The molecular formula is C73H45N. The van der Waals surface area contributed by atoms with Crippen molar-refractivity contribution in [2.75, 3.05) is 4.90 Å². The molecule has 16 rings (SSSR count). The van der Waals surface area contributed by atoms with Crippen LogP contribution in [0.3, 0.4) is 0 Å². The smallest absolute Gasteiger partial charge is 0.0726 e. The van der Waals surface area contributed by atoms with Gasteiger partial charge in [0.1, 0.15) is 0 Å². The zero-order valence-corrected chi connectivity index (χ0v) is 40.4. The van der Waals surface area contributed by atoms with Crippen molar-refractivity contribution in [3.8, 4) is 44.5 Å². The molecule has 0 fully saturated rings. The summed E-state index contributed by atoms with van der Waals surface area (Å²) in [4.78, 5) is 2.55. The zero-order chi connectivity index (χ0) is 48.5. The minimum absolute atomic E-state index is 0.524. The first-order valence-corrected chi connectivity index (χ1v) is 25.8. The van der Waals surface area contributed by atoms with Crippen LogP contribution in [0.15, 0.2) is 273 Å². The van der Waals surface area contributed by atoms with Gasteiger partial charge in [-0.2, -0.15) is 0 Å². The number of benzene rings is 14. The van der Waals surface area contributed by atoms with Crippen molar-refractivity contribution in [1.29, 1.82) is 0 Å². The van der Waals surface area contributed by atoms with Crippen LogP contribution in [0.2, 0.25) is 0 Å². The number of nitrogens with zero attached hydrogens (tertiary/aromatic N) is 1. The van der Waals surface area contributed by atoms with E-state index >= 15 is 0 Å². The molecule has 0 aromatic heterocycles. The summed E-state index contributed by atoms with van der Waals surface area (Å²) in [6.45, 7) is 0. The van der Waals surface area contributed by atoms with E-state index in [1.807, 2.05) is 0 Å². The van der Waals surface area contributed by atoms with E-state index in [4.69, 9.17) is 0 Å². The lowest BCUT2D eigenvalue weighted by Gasteiger charge is -2.33. The fraction of sp³-hybridized carbons (Fsp3) is 0.0137. The zero-order valence-electron chi connectivity index (χ0n) is 40.4. The minimum Gasteiger partial charge on any atom is -0.310 e. The van der Waals surface area contributed by atoms with Crippen LogP contribution in [0.5, 0.6) is 0 Å². The summed E-state index contributed by atoms with van der Waals surface area (Å²) >= 11 is 0. The summed E-state index contributed by atoms with van der Waals surface area (Å²) in [5, 5.41) is 15.0. The fourth-order valence-electron chi connectivity index (χ4n) is 13.3. The summed E-state index contributed by atoms with van der Waals surface area (Å²) in [6, 6.07) is 103. The van der Waals surface area contributed by atoms with E-state index in [0.29, 0.717) is 0 Å². The number of hydrogen-bond donors (Lipinski definition) is 0. The van der Waals surface area contributed by atoms with Gasteiger partial charge in [0.05, 0.1) is 11.1 Å². The normalized spacial score (nSPS) is 13.0. The van der Waals surface area contributed by atoms with Gasteiger partial charge >= 0.3 is 0 Å². The van der Waals surface area contributed by atoms with Crippen molar-refractivity contribution >= 4 is 81.7 Å². The standard InChI is InChI=1S/C73H45N/c1-2-17-51-41-53(38-37-46(51)15-1)74(54-39-40-60-58-21-6-5-19-56(58)57-20-7-8-22-59(57)66(60)43-54)72-45-71-67(63-25-11-14-28-70(63)73(71)68-26-12-9-23-61(68)62-24-10-13-27-69(62)73)44-65(72)50-31-29-47(30-32-50)52-36-35-49-34-33-48-16-3-4-18-55(48)64(49)42-52/h1-45H. The van der Waals surface area contributed by atoms with Crippen LogP contribution in [0, 0.1) is 0 Å². The molecule has 0 radical (unpaired) electrons. The van der Waals surface area contributed by atoms with Crippen molar-refractivity contribution in [2.45, 2.75) is 5.41 Å². The molecule has 1 heteroatoms. The summed E-state index contributed by atoms with van der Waals surface area (Å²) in [5.74, 6) is 0. The molecule has 0 atom stereocenters. The van der Waals surface area contributed by atoms with Crippen LogP contribution in [0.25, 0.3) is 109 Å². The van der Waals surface area contributed by atoms with Gasteiger partial charge < -0.3 is 4.90 Å². The van der Waals surface area contributed by atoms with Gasteiger partial charge in [-0.3, -0.25) is 0 Å². The highest BCUT2D eigenvalue weighted by atomic mass is 15.1. The Morgan fingerprint density at radius 1 is 0.216 bits per heavy atom. The SMILES string of the molecule is c1ccc2c(c1)-c1ccccc1C21c2ccccc2-c2cc(-c3ccc(-c4ccc5ccc6ccccc6c5c4)cc3)c(N(c3ccc4ccccc4c3)c3ccc4c5ccccc5c5ccccc5c4c3)cc21. The summed E-state index contributed by atoms with van der Waals surface area (Å²) in [6.07, 6.45) is 0. The lowest BCUT2D eigenvalue weighted by molar-refractivity contribution is 0.794. The summed E-state index contributed by atoms with van der Waals surface area (Å²) < 4.78 is 0. The average molecular weight is 936 g/mol. The molecule has 0 saturated heterocycles. The van der Waals surface area contributed by atoms with E-state index in [0.717, 1.165) is 22.6 Å². The van der Waals surface area contributed by atoms with Crippen LogP contribution < -0.4 is 4.90 Å². The molecule has 1 spiro atoms. The molecular weight excluding hydrogens is 891 g/mol. The summed E-state index contributed by atoms with van der Waals surface area (Å²) in [5.41, 5.74) is 18.0. The minimum atomic E-state index is -0.524. The molecule has 74 heavy (non-hydrogen) atoms. The second kappa shape index (κ2) is 15.7. The maximum Gasteiger partial charge on any atom is 0.0726 e.